The van der Waals surface area contributed by atoms with Crippen LogP contribution in [0.25, 0.3) is 0 Å². The number of thiophene rings is 1. The molecule has 0 radical (unpaired) electrons. The predicted octanol–water partition coefficient (Wildman–Crippen LogP) is 4.50. The summed E-state index contributed by atoms with van der Waals surface area (Å²) in [5.41, 5.74) is 1.38. The van der Waals surface area contributed by atoms with Gasteiger partial charge in [-0.05, 0) is 48.4 Å². The first-order valence-electron chi connectivity index (χ1n) is 9.85. The van der Waals surface area contributed by atoms with Crippen molar-refractivity contribution in [1.82, 2.24) is 9.88 Å². The molecule has 0 bridgehead atoms. The maximum absolute atomic E-state index is 13.2. The van der Waals surface area contributed by atoms with Gasteiger partial charge in [0.1, 0.15) is 5.82 Å². The Morgan fingerprint density at radius 3 is 2.50 bits per heavy atom. The Labute approximate surface area is 170 Å². The Bertz CT molecular complexity index is 859. The number of anilines is 1. The molecule has 0 spiro atoms. The lowest BCUT2D eigenvalue weighted by atomic mass is 10.0. The van der Waals surface area contributed by atoms with Crippen LogP contribution in [-0.2, 0) is 6.42 Å². The van der Waals surface area contributed by atoms with Crippen molar-refractivity contribution in [3.05, 3.63) is 82.7 Å². The second-order valence-corrected chi connectivity index (χ2v) is 8.10. The van der Waals surface area contributed by atoms with Crippen LogP contribution in [0.4, 0.5) is 5.82 Å². The first-order chi connectivity index (χ1) is 13.8. The maximum Gasteiger partial charge on any atom is 0.269 e. The number of carbonyl (C=O) groups is 1. The number of rotatable bonds is 6. The molecule has 0 atom stereocenters. The summed E-state index contributed by atoms with van der Waals surface area (Å²) in [5, 5.41) is 1.95. The summed E-state index contributed by atoms with van der Waals surface area (Å²) in [5.74, 6) is 0.820. The van der Waals surface area contributed by atoms with Crippen molar-refractivity contribution >= 4 is 23.1 Å². The zero-order chi connectivity index (χ0) is 19.2. The van der Waals surface area contributed by atoms with Crippen LogP contribution in [0.2, 0.25) is 0 Å². The smallest absolute Gasteiger partial charge is 0.269 e. The van der Waals surface area contributed by atoms with Crippen molar-refractivity contribution in [3.63, 3.8) is 0 Å². The van der Waals surface area contributed by atoms with Gasteiger partial charge in [-0.1, -0.05) is 42.5 Å². The number of amides is 1. The molecular weight excluding hydrogens is 366 g/mol. The molecule has 4 nitrogen and oxygen atoms in total. The molecule has 0 aliphatic carbocycles. The quantitative estimate of drug-likeness (QED) is 0.621. The van der Waals surface area contributed by atoms with Gasteiger partial charge in [-0.3, -0.25) is 9.69 Å². The van der Waals surface area contributed by atoms with Crippen LogP contribution in [0, 0.1) is 0 Å². The molecular formula is C23H25N3OS. The van der Waals surface area contributed by atoms with E-state index in [4.69, 9.17) is 0 Å². The Morgan fingerprint density at radius 1 is 1.04 bits per heavy atom. The van der Waals surface area contributed by atoms with Crippen LogP contribution in [-0.4, -0.2) is 41.5 Å². The van der Waals surface area contributed by atoms with E-state index in [2.05, 4.69) is 40.2 Å². The average molecular weight is 392 g/mol. The molecule has 1 saturated heterocycles. The van der Waals surface area contributed by atoms with E-state index in [0.29, 0.717) is 0 Å². The molecule has 2 aromatic heterocycles. The number of pyridine rings is 1. The molecule has 0 saturated carbocycles. The summed E-state index contributed by atoms with van der Waals surface area (Å²) in [6.07, 6.45) is 4.79. The van der Waals surface area contributed by atoms with Gasteiger partial charge in [-0.2, -0.15) is 0 Å². The standard InChI is InChI=1S/C23H25N3OS/c27-23(21-9-6-18-28-21)26(22-10-4-5-14-24-22)20-12-16-25(17-13-20)15-11-19-7-2-1-3-8-19/h1-10,14,18,20H,11-13,15-17H2. The van der Waals surface area contributed by atoms with Crippen molar-refractivity contribution in [2.45, 2.75) is 25.3 Å². The summed E-state index contributed by atoms with van der Waals surface area (Å²) in [6.45, 7) is 3.09. The predicted molar refractivity (Wildman–Crippen MR) is 115 cm³/mol. The lowest BCUT2D eigenvalue weighted by molar-refractivity contribution is 0.0963. The zero-order valence-corrected chi connectivity index (χ0v) is 16.7. The number of nitrogens with zero attached hydrogens (tertiary/aromatic N) is 3. The number of benzene rings is 1. The van der Waals surface area contributed by atoms with Gasteiger partial charge in [-0.15, -0.1) is 11.3 Å². The fourth-order valence-electron chi connectivity index (χ4n) is 3.81. The van der Waals surface area contributed by atoms with Crippen LogP contribution in [0.3, 0.4) is 0 Å². The third-order valence-corrected chi connectivity index (χ3v) is 6.19. The molecule has 1 aliphatic heterocycles. The lowest BCUT2D eigenvalue weighted by Crippen LogP contribution is -2.48. The normalized spacial score (nSPS) is 15.4. The topological polar surface area (TPSA) is 36.4 Å². The molecule has 1 aromatic carbocycles. The molecule has 28 heavy (non-hydrogen) atoms. The van der Waals surface area contributed by atoms with Crippen molar-refractivity contribution in [1.29, 1.82) is 0 Å². The van der Waals surface area contributed by atoms with E-state index in [1.54, 1.807) is 6.20 Å². The summed E-state index contributed by atoms with van der Waals surface area (Å²) >= 11 is 1.49. The number of carbonyl (C=O) groups excluding carboxylic acids is 1. The van der Waals surface area contributed by atoms with Crippen molar-refractivity contribution in [2.75, 3.05) is 24.5 Å². The number of hydrogen-bond donors (Lipinski definition) is 0. The minimum atomic E-state index is 0.0661. The molecule has 4 rings (SSSR count). The van der Waals surface area contributed by atoms with Crippen molar-refractivity contribution in [3.8, 4) is 0 Å². The van der Waals surface area contributed by atoms with Gasteiger partial charge in [0, 0.05) is 31.9 Å². The first-order valence-corrected chi connectivity index (χ1v) is 10.7. The Kier molecular flexibility index (Phi) is 6.14. The Balaban J connectivity index is 1.42. The molecule has 1 fully saturated rings. The largest absolute Gasteiger partial charge is 0.303 e. The second-order valence-electron chi connectivity index (χ2n) is 7.15. The van der Waals surface area contributed by atoms with Crippen LogP contribution in [0.5, 0.6) is 0 Å². The van der Waals surface area contributed by atoms with Gasteiger partial charge < -0.3 is 4.90 Å². The summed E-state index contributed by atoms with van der Waals surface area (Å²) in [6, 6.07) is 20.4. The van der Waals surface area contributed by atoms with Crippen LogP contribution >= 0.6 is 11.3 Å². The van der Waals surface area contributed by atoms with E-state index in [9.17, 15) is 4.79 Å². The highest BCUT2D eigenvalue weighted by Gasteiger charge is 2.30. The van der Waals surface area contributed by atoms with Gasteiger partial charge >= 0.3 is 0 Å². The number of hydrogen-bond acceptors (Lipinski definition) is 4. The zero-order valence-electron chi connectivity index (χ0n) is 15.9. The minimum Gasteiger partial charge on any atom is -0.303 e. The van der Waals surface area contributed by atoms with E-state index in [0.717, 1.165) is 49.6 Å². The highest BCUT2D eigenvalue weighted by molar-refractivity contribution is 7.12. The molecule has 0 N–H and O–H groups in total. The van der Waals surface area contributed by atoms with Crippen LogP contribution in [0.1, 0.15) is 28.1 Å². The molecule has 144 valence electrons. The highest BCUT2D eigenvalue weighted by Crippen LogP contribution is 2.25. The number of likely N-dealkylation sites (tertiary alicyclic amines) is 1. The fourth-order valence-corrected chi connectivity index (χ4v) is 4.47. The van der Waals surface area contributed by atoms with E-state index >= 15 is 0 Å². The van der Waals surface area contributed by atoms with Gasteiger partial charge in [0.05, 0.1) is 4.88 Å². The lowest BCUT2D eigenvalue weighted by Gasteiger charge is -2.38. The van der Waals surface area contributed by atoms with E-state index in [1.165, 1.54) is 16.9 Å². The summed E-state index contributed by atoms with van der Waals surface area (Å²) < 4.78 is 0. The Hall–Kier alpha value is -2.50. The van der Waals surface area contributed by atoms with Crippen LogP contribution < -0.4 is 4.90 Å². The molecule has 1 aliphatic rings. The average Bonchev–Trinajstić information content (AvgIpc) is 3.30. The first kappa shape index (κ1) is 18.8. The minimum absolute atomic E-state index is 0.0661. The fraction of sp³-hybridized carbons (Fsp3) is 0.304. The molecule has 3 heterocycles. The third kappa shape index (κ3) is 4.49. The monoisotopic (exact) mass is 391 g/mol. The van der Waals surface area contributed by atoms with E-state index in [1.807, 2.05) is 40.6 Å². The molecule has 1 amide bonds. The van der Waals surface area contributed by atoms with E-state index < -0.39 is 0 Å². The SMILES string of the molecule is O=C(c1cccs1)N(c1ccccn1)C1CCN(CCc2ccccc2)CC1. The maximum atomic E-state index is 13.2. The van der Waals surface area contributed by atoms with Gasteiger partial charge in [0.2, 0.25) is 0 Å². The second kappa shape index (κ2) is 9.13. The highest BCUT2D eigenvalue weighted by atomic mass is 32.1. The van der Waals surface area contributed by atoms with Gasteiger partial charge in [0.25, 0.3) is 5.91 Å². The number of piperidine rings is 1. The molecule has 3 aromatic rings. The molecule has 5 heteroatoms. The van der Waals surface area contributed by atoms with Crippen molar-refractivity contribution in [2.24, 2.45) is 0 Å². The third-order valence-electron chi connectivity index (χ3n) is 5.33. The van der Waals surface area contributed by atoms with E-state index in [-0.39, 0.29) is 11.9 Å². The van der Waals surface area contributed by atoms with Crippen LogP contribution in [0.15, 0.2) is 72.2 Å². The number of aromatic nitrogens is 1. The van der Waals surface area contributed by atoms with Crippen molar-refractivity contribution < 1.29 is 4.79 Å². The summed E-state index contributed by atoms with van der Waals surface area (Å²) in [4.78, 5) is 22.9. The Morgan fingerprint density at radius 2 is 1.82 bits per heavy atom. The van der Waals surface area contributed by atoms with Gasteiger partial charge in [-0.25, -0.2) is 4.98 Å². The summed E-state index contributed by atoms with van der Waals surface area (Å²) in [7, 11) is 0. The van der Waals surface area contributed by atoms with Gasteiger partial charge in [0.15, 0.2) is 0 Å². The molecule has 0 unspecified atom stereocenters.